The molecule has 0 bridgehead atoms. The van der Waals surface area contributed by atoms with Crippen molar-refractivity contribution in [3.05, 3.63) is 41.5 Å². The molecular formula is C22H25NO11. The van der Waals surface area contributed by atoms with E-state index in [4.69, 9.17) is 24.4 Å². The van der Waals surface area contributed by atoms with Crippen LogP contribution in [-0.4, -0.2) is 93.8 Å². The quantitative estimate of drug-likeness (QED) is 0.189. The average Bonchev–Trinajstić information content (AvgIpc) is 2.77. The van der Waals surface area contributed by atoms with Crippen LogP contribution >= 0.6 is 0 Å². The molecule has 34 heavy (non-hydrogen) atoms. The minimum atomic E-state index is -1.43. The third-order valence-corrected chi connectivity index (χ3v) is 4.76. The fraction of sp³-hybridized carbons (Fsp3) is 0.409. The zero-order valence-electron chi connectivity index (χ0n) is 18.1. The van der Waals surface area contributed by atoms with Gasteiger partial charge in [-0.15, -0.1) is 0 Å². The Kier molecular flexibility index (Phi) is 9.55. The number of ether oxygens (including phenoxy) is 3. The van der Waals surface area contributed by atoms with E-state index in [1.165, 1.54) is 25.1 Å². The van der Waals surface area contributed by atoms with Gasteiger partial charge in [0.1, 0.15) is 42.3 Å². The lowest BCUT2D eigenvalue weighted by Gasteiger charge is -2.43. The van der Waals surface area contributed by atoms with Gasteiger partial charge in [0.25, 0.3) is 0 Å². The molecule has 1 saturated heterocycles. The Balaban J connectivity index is 2.18. The topological polar surface area (TPSA) is 192 Å². The Morgan fingerprint density at radius 1 is 1.24 bits per heavy atom. The summed E-state index contributed by atoms with van der Waals surface area (Å²) in [5.41, 5.74) is -0.325. The second kappa shape index (κ2) is 12.1. The molecule has 0 aliphatic carbocycles. The van der Waals surface area contributed by atoms with Crippen molar-refractivity contribution in [2.75, 3.05) is 19.8 Å². The molecule has 0 unspecified atom stereocenters. The highest BCUT2D eigenvalue weighted by molar-refractivity contribution is 5.91. The number of aliphatic hydroxyl groups is 2. The van der Waals surface area contributed by atoms with Crippen LogP contribution in [0.2, 0.25) is 0 Å². The average molecular weight is 479 g/mol. The molecule has 1 amide bonds. The van der Waals surface area contributed by atoms with Crippen LogP contribution < -0.4 is 5.32 Å². The third-order valence-electron chi connectivity index (χ3n) is 4.76. The summed E-state index contributed by atoms with van der Waals surface area (Å²) in [5, 5.41) is 50.2. The normalized spacial score (nSPS) is 23.9. The summed E-state index contributed by atoms with van der Waals surface area (Å²) in [6.45, 7) is 3.19. The molecule has 0 saturated carbocycles. The molecule has 1 fully saturated rings. The van der Waals surface area contributed by atoms with E-state index in [9.17, 15) is 29.7 Å². The van der Waals surface area contributed by atoms with Gasteiger partial charge in [-0.1, -0.05) is 18.4 Å². The van der Waals surface area contributed by atoms with Gasteiger partial charge in [0.2, 0.25) is 5.91 Å². The van der Waals surface area contributed by atoms with Crippen molar-refractivity contribution in [3.63, 3.8) is 0 Å². The molecule has 12 nitrogen and oxygen atoms in total. The number of nitrogens with one attached hydrogen (secondary N) is 1. The number of aliphatic carboxylic acids is 1. The molecular weight excluding hydrogens is 454 g/mol. The van der Waals surface area contributed by atoms with E-state index in [0.29, 0.717) is 5.56 Å². The number of amides is 1. The molecule has 5 atom stereocenters. The van der Waals surface area contributed by atoms with E-state index < -0.39 is 67.5 Å². The first kappa shape index (κ1) is 26.8. The molecule has 1 aromatic rings. The van der Waals surface area contributed by atoms with Crippen LogP contribution in [0.3, 0.4) is 0 Å². The lowest BCUT2D eigenvalue weighted by atomic mass is 9.96. The van der Waals surface area contributed by atoms with Gasteiger partial charge in [-0.3, -0.25) is 4.79 Å². The first-order chi connectivity index (χ1) is 16.0. The van der Waals surface area contributed by atoms with Gasteiger partial charge in [-0.2, -0.15) is 0 Å². The van der Waals surface area contributed by atoms with Crippen LogP contribution in [0.15, 0.2) is 30.4 Å². The minimum absolute atomic E-state index is 0.271. The molecule has 1 aromatic carbocycles. The summed E-state index contributed by atoms with van der Waals surface area (Å²) in [5.74, 6) is 1.74. The summed E-state index contributed by atoms with van der Waals surface area (Å²) in [6.07, 6.45) is -5.04. The molecule has 184 valence electrons. The van der Waals surface area contributed by atoms with Crippen LogP contribution in [0, 0.1) is 11.8 Å². The van der Waals surface area contributed by atoms with Crippen LogP contribution in [0.5, 0.6) is 5.75 Å². The summed E-state index contributed by atoms with van der Waals surface area (Å²) >= 11 is 0. The third kappa shape index (κ3) is 7.01. The number of carbonyl (C=O) groups is 3. The Labute approximate surface area is 194 Å². The van der Waals surface area contributed by atoms with E-state index in [-0.39, 0.29) is 17.7 Å². The first-order valence-corrected chi connectivity index (χ1v) is 9.96. The van der Waals surface area contributed by atoms with E-state index >= 15 is 0 Å². The van der Waals surface area contributed by atoms with E-state index in [1.807, 2.05) is 0 Å². The fourth-order valence-corrected chi connectivity index (χ4v) is 3.10. The highest BCUT2D eigenvalue weighted by Gasteiger charge is 2.47. The van der Waals surface area contributed by atoms with Crippen LogP contribution in [0.25, 0.3) is 0 Å². The smallest absolute Gasteiger partial charge is 0.339 e. The Hall–Kier alpha value is -3.47. The number of aromatic hydroxyl groups is 1. The number of phenols is 1. The number of carbonyl (C=O) groups excluding carboxylic acids is 1. The van der Waals surface area contributed by atoms with E-state index in [1.54, 1.807) is 0 Å². The highest BCUT2D eigenvalue weighted by Crippen LogP contribution is 2.25. The van der Waals surface area contributed by atoms with Crippen molar-refractivity contribution < 1.29 is 54.1 Å². The Morgan fingerprint density at radius 3 is 2.53 bits per heavy atom. The van der Waals surface area contributed by atoms with E-state index in [0.717, 1.165) is 0 Å². The van der Waals surface area contributed by atoms with Gasteiger partial charge in [0.15, 0.2) is 6.29 Å². The number of rotatable bonds is 9. The zero-order valence-corrected chi connectivity index (χ0v) is 18.1. The number of carboxylic acids is 2. The second-order valence-electron chi connectivity index (χ2n) is 7.28. The number of benzene rings is 1. The van der Waals surface area contributed by atoms with Gasteiger partial charge in [-0.05, 0) is 18.2 Å². The molecule has 1 aliphatic heterocycles. The van der Waals surface area contributed by atoms with Crippen molar-refractivity contribution in [1.82, 2.24) is 5.32 Å². The first-order valence-electron chi connectivity index (χ1n) is 9.96. The minimum Gasteiger partial charge on any atom is -0.507 e. The maximum absolute atomic E-state index is 11.7. The maximum atomic E-state index is 11.7. The van der Waals surface area contributed by atoms with Gasteiger partial charge < -0.3 is 45.1 Å². The summed E-state index contributed by atoms with van der Waals surface area (Å²) < 4.78 is 16.6. The van der Waals surface area contributed by atoms with Crippen molar-refractivity contribution in [2.45, 2.75) is 37.6 Å². The molecule has 12 heteroatoms. The van der Waals surface area contributed by atoms with Gasteiger partial charge in [-0.25, -0.2) is 9.59 Å². The molecule has 1 aliphatic rings. The largest absolute Gasteiger partial charge is 0.507 e. The lowest BCUT2D eigenvalue weighted by Crippen LogP contribution is -2.65. The number of carboxylic acid groups (broad SMARTS) is 2. The highest BCUT2D eigenvalue weighted by atomic mass is 16.7. The fourth-order valence-electron chi connectivity index (χ4n) is 3.10. The maximum Gasteiger partial charge on any atom is 0.339 e. The van der Waals surface area contributed by atoms with Crippen LogP contribution in [0.4, 0.5) is 0 Å². The van der Waals surface area contributed by atoms with Gasteiger partial charge >= 0.3 is 11.9 Å². The number of hydrogen-bond donors (Lipinski definition) is 6. The van der Waals surface area contributed by atoms with Crippen LogP contribution in [0.1, 0.15) is 22.8 Å². The molecule has 0 aromatic heterocycles. The SMILES string of the molecule is C=C(CO[C@H]1[C@H](O)[C@@H](CO)O[C@@H](OCC#Cc2ccc(O)c(C(=O)O)c2)[C@H]1NC(C)=O)C(=O)O. The molecule has 0 radical (unpaired) electrons. The molecule has 6 N–H and O–H groups in total. The number of hydrogen-bond acceptors (Lipinski definition) is 9. The van der Waals surface area contributed by atoms with Crippen molar-refractivity contribution in [2.24, 2.45) is 0 Å². The van der Waals surface area contributed by atoms with Gasteiger partial charge in [0.05, 0.1) is 18.8 Å². The molecule has 1 heterocycles. The predicted octanol–water partition coefficient (Wildman–Crippen LogP) is -0.933. The zero-order chi connectivity index (χ0) is 25.4. The predicted molar refractivity (Wildman–Crippen MR) is 114 cm³/mol. The van der Waals surface area contributed by atoms with Crippen molar-refractivity contribution >= 4 is 17.8 Å². The van der Waals surface area contributed by atoms with Gasteiger partial charge in [0, 0.05) is 12.5 Å². The van der Waals surface area contributed by atoms with Crippen molar-refractivity contribution in [1.29, 1.82) is 0 Å². The summed E-state index contributed by atoms with van der Waals surface area (Å²) in [6, 6.07) is 2.68. The lowest BCUT2D eigenvalue weighted by molar-refractivity contribution is -0.272. The van der Waals surface area contributed by atoms with Crippen molar-refractivity contribution in [3.8, 4) is 17.6 Å². The number of aliphatic hydroxyl groups excluding tert-OH is 2. The Morgan fingerprint density at radius 2 is 1.94 bits per heavy atom. The Bertz CT molecular complexity index is 996. The second-order valence-corrected chi connectivity index (χ2v) is 7.28. The molecule has 2 rings (SSSR count). The number of aromatic carboxylic acids is 1. The monoisotopic (exact) mass is 479 g/mol. The molecule has 0 spiro atoms. The summed E-state index contributed by atoms with van der Waals surface area (Å²) in [4.78, 5) is 33.8. The van der Waals surface area contributed by atoms with E-state index in [2.05, 4.69) is 23.7 Å². The standard InChI is InChI=1S/C22H25NO11/c1-11(20(28)29)10-33-19-17(23-12(2)25)22(34-16(9-24)18(19)27)32-7-3-4-13-5-6-15(26)14(8-13)21(30)31/h5-6,8,16-19,22,24,26-27H,1,7,9-10H2,2H3,(H,23,25)(H,28,29)(H,30,31)/t16-,17+,18-,19-,22-/m1/s1. The summed E-state index contributed by atoms with van der Waals surface area (Å²) in [7, 11) is 0. The van der Waals surface area contributed by atoms with Crippen LogP contribution in [-0.2, 0) is 23.8 Å².